The van der Waals surface area contributed by atoms with Crippen molar-refractivity contribution in [3.05, 3.63) is 29.3 Å². The zero-order chi connectivity index (χ0) is 14.5. The third-order valence-electron chi connectivity index (χ3n) is 4.60. The first-order valence-corrected chi connectivity index (χ1v) is 8.00. The minimum Gasteiger partial charge on any atom is -0.496 e. The molecule has 0 spiro atoms. The summed E-state index contributed by atoms with van der Waals surface area (Å²) in [5, 5.41) is 3.81. The van der Waals surface area contributed by atoms with Crippen LogP contribution in [-0.4, -0.2) is 13.2 Å². The van der Waals surface area contributed by atoms with Gasteiger partial charge in [-0.3, -0.25) is 0 Å². The predicted octanol–water partition coefficient (Wildman–Crippen LogP) is 4.62. The highest BCUT2D eigenvalue weighted by Crippen LogP contribution is 2.29. The largest absolute Gasteiger partial charge is 0.496 e. The van der Waals surface area contributed by atoms with Gasteiger partial charge in [-0.1, -0.05) is 31.9 Å². The fourth-order valence-electron chi connectivity index (χ4n) is 3.27. The highest BCUT2D eigenvalue weighted by molar-refractivity contribution is 5.39. The Labute approximate surface area is 123 Å². The molecule has 1 N–H and O–H groups in total. The Bertz CT molecular complexity index is 429. The second-order valence-corrected chi connectivity index (χ2v) is 6.44. The van der Waals surface area contributed by atoms with Gasteiger partial charge in [-0.15, -0.1) is 0 Å². The van der Waals surface area contributed by atoms with Crippen molar-refractivity contribution in [2.24, 2.45) is 5.92 Å². The van der Waals surface area contributed by atoms with E-state index in [9.17, 15) is 0 Å². The molecule has 0 aliphatic heterocycles. The lowest BCUT2D eigenvalue weighted by molar-refractivity contribution is 0.379. The van der Waals surface area contributed by atoms with E-state index in [0.717, 1.165) is 11.7 Å². The van der Waals surface area contributed by atoms with Crippen molar-refractivity contribution >= 4 is 0 Å². The molecular formula is C18H29NO. The van der Waals surface area contributed by atoms with Gasteiger partial charge in [-0.25, -0.2) is 0 Å². The Morgan fingerprint density at radius 1 is 1.20 bits per heavy atom. The quantitative estimate of drug-likeness (QED) is 0.809. The van der Waals surface area contributed by atoms with Gasteiger partial charge in [0, 0.05) is 17.6 Å². The minimum absolute atomic E-state index is 0.351. The normalized spacial score (nSPS) is 25.0. The fraction of sp³-hybridized carbons (Fsp3) is 0.667. The Kier molecular flexibility index (Phi) is 5.47. The van der Waals surface area contributed by atoms with Crippen LogP contribution < -0.4 is 10.1 Å². The average Bonchev–Trinajstić information content (AvgIpc) is 2.63. The third kappa shape index (κ3) is 3.99. The number of benzene rings is 1. The molecule has 112 valence electrons. The van der Waals surface area contributed by atoms with Crippen LogP contribution in [0.5, 0.6) is 5.75 Å². The van der Waals surface area contributed by atoms with Gasteiger partial charge in [-0.2, -0.15) is 0 Å². The highest BCUT2D eigenvalue weighted by Gasteiger charge is 2.19. The molecule has 1 fully saturated rings. The molecule has 1 aliphatic rings. The molecule has 2 heteroatoms. The van der Waals surface area contributed by atoms with Crippen LogP contribution in [-0.2, 0) is 0 Å². The maximum absolute atomic E-state index is 5.54. The van der Waals surface area contributed by atoms with E-state index in [1.807, 2.05) is 0 Å². The first kappa shape index (κ1) is 15.4. The van der Waals surface area contributed by atoms with Crippen molar-refractivity contribution in [1.29, 1.82) is 0 Å². The summed E-state index contributed by atoms with van der Waals surface area (Å²) in [6, 6.07) is 7.50. The summed E-state index contributed by atoms with van der Waals surface area (Å²) in [5.74, 6) is 1.90. The van der Waals surface area contributed by atoms with E-state index < -0.39 is 0 Å². The molecule has 0 bridgehead atoms. The van der Waals surface area contributed by atoms with Gasteiger partial charge in [-0.05, 0) is 50.7 Å². The maximum Gasteiger partial charge on any atom is 0.123 e. The van der Waals surface area contributed by atoms with Crippen LogP contribution >= 0.6 is 0 Å². The van der Waals surface area contributed by atoms with E-state index in [2.05, 4.69) is 44.3 Å². The lowest BCUT2D eigenvalue weighted by atomic mass is 10.0. The van der Waals surface area contributed by atoms with Gasteiger partial charge in [0.05, 0.1) is 7.11 Å². The van der Waals surface area contributed by atoms with Crippen LogP contribution in [0.4, 0.5) is 0 Å². The molecule has 0 aromatic heterocycles. The summed E-state index contributed by atoms with van der Waals surface area (Å²) in [6.45, 7) is 6.74. The van der Waals surface area contributed by atoms with E-state index in [0.29, 0.717) is 12.1 Å². The monoisotopic (exact) mass is 275 g/mol. The van der Waals surface area contributed by atoms with Gasteiger partial charge in [0.2, 0.25) is 0 Å². The van der Waals surface area contributed by atoms with Crippen LogP contribution in [0.25, 0.3) is 0 Å². The Balaban J connectivity index is 2.02. The second kappa shape index (κ2) is 7.12. The van der Waals surface area contributed by atoms with Crippen molar-refractivity contribution in [2.75, 3.05) is 7.11 Å². The fourth-order valence-corrected chi connectivity index (χ4v) is 3.27. The number of aryl methyl sites for hydroxylation is 1. The van der Waals surface area contributed by atoms with E-state index in [-0.39, 0.29) is 0 Å². The molecule has 0 heterocycles. The molecule has 1 aliphatic carbocycles. The Morgan fingerprint density at radius 2 is 2.00 bits per heavy atom. The van der Waals surface area contributed by atoms with Gasteiger partial charge < -0.3 is 10.1 Å². The summed E-state index contributed by atoms with van der Waals surface area (Å²) in [5.41, 5.74) is 2.52. The average molecular weight is 275 g/mol. The molecule has 1 saturated carbocycles. The number of hydrogen-bond donors (Lipinski definition) is 1. The predicted molar refractivity (Wildman–Crippen MR) is 85.3 cm³/mol. The standard InChI is InChI=1S/C18H29NO/c1-13-6-5-7-16(10-8-13)19-15(3)17-11-9-14(2)12-18(17)20-4/h9,11-13,15-16,19H,5-8,10H2,1-4H3. The summed E-state index contributed by atoms with van der Waals surface area (Å²) >= 11 is 0. The molecule has 3 unspecified atom stereocenters. The molecule has 1 aromatic carbocycles. The van der Waals surface area contributed by atoms with Gasteiger partial charge in [0.15, 0.2) is 0 Å². The van der Waals surface area contributed by atoms with E-state index in [1.165, 1.54) is 43.2 Å². The van der Waals surface area contributed by atoms with Gasteiger partial charge >= 0.3 is 0 Å². The van der Waals surface area contributed by atoms with E-state index in [1.54, 1.807) is 7.11 Å². The maximum atomic E-state index is 5.54. The number of nitrogens with one attached hydrogen (secondary N) is 1. The lowest BCUT2D eigenvalue weighted by Crippen LogP contribution is -2.31. The summed E-state index contributed by atoms with van der Waals surface area (Å²) in [7, 11) is 1.76. The first-order chi connectivity index (χ1) is 9.60. The van der Waals surface area contributed by atoms with Crippen molar-refractivity contribution < 1.29 is 4.74 Å². The zero-order valence-corrected chi connectivity index (χ0v) is 13.4. The van der Waals surface area contributed by atoms with Crippen LogP contribution in [0.2, 0.25) is 0 Å². The number of methoxy groups -OCH3 is 1. The highest BCUT2D eigenvalue weighted by atomic mass is 16.5. The minimum atomic E-state index is 0.351. The van der Waals surface area contributed by atoms with Crippen LogP contribution in [0.1, 0.15) is 63.1 Å². The molecule has 20 heavy (non-hydrogen) atoms. The molecule has 0 radical (unpaired) electrons. The zero-order valence-electron chi connectivity index (χ0n) is 13.4. The first-order valence-electron chi connectivity index (χ1n) is 8.00. The smallest absolute Gasteiger partial charge is 0.123 e. The number of hydrogen-bond acceptors (Lipinski definition) is 2. The Morgan fingerprint density at radius 3 is 2.75 bits per heavy atom. The molecule has 2 nitrogen and oxygen atoms in total. The van der Waals surface area contributed by atoms with Crippen molar-refractivity contribution in [3.63, 3.8) is 0 Å². The van der Waals surface area contributed by atoms with Crippen LogP contribution in [0, 0.1) is 12.8 Å². The van der Waals surface area contributed by atoms with E-state index >= 15 is 0 Å². The van der Waals surface area contributed by atoms with Gasteiger partial charge in [0.25, 0.3) is 0 Å². The molecule has 3 atom stereocenters. The van der Waals surface area contributed by atoms with Gasteiger partial charge in [0.1, 0.15) is 5.75 Å². The lowest BCUT2D eigenvalue weighted by Gasteiger charge is -2.24. The summed E-state index contributed by atoms with van der Waals surface area (Å²) in [6.07, 6.45) is 6.72. The molecule has 0 amide bonds. The topological polar surface area (TPSA) is 21.3 Å². The Hall–Kier alpha value is -1.02. The van der Waals surface area contributed by atoms with Crippen molar-refractivity contribution in [2.45, 2.75) is 65.0 Å². The molecular weight excluding hydrogens is 246 g/mol. The number of rotatable bonds is 4. The van der Waals surface area contributed by atoms with Crippen molar-refractivity contribution in [1.82, 2.24) is 5.32 Å². The third-order valence-corrected chi connectivity index (χ3v) is 4.60. The number of ether oxygens (including phenoxy) is 1. The second-order valence-electron chi connectivity index (χ2n) is 6.44. The van der Waals surface area contributed by atoms with Crippen LogP contribution in [0.15, 0.2) is 18.2 Å². The van der Waals surface area contributed by atoms with Crippen molar-refractivity contribution in [3.8, 4) is 5.75 Å². The molecule has 1 aromatic rings. The summed E-state index contributed by atoms with van der Waals surface area (Å²) < 4.78 is 5.54. The SMILES string of the molecule is COc1cc(C)ccc1C(C)NC1CCCC(C)CC1. The molecule has 2 rings (SSSR count). The van der Waals surface area contributed by atoms with Crippen LogP contribution in [0.3, 0.4) is 0 Å². The van der Waals surface area contributed by atoms with E-state index in [4.69, 9.17) is 4.74 Å². The summed E-state index contributed by atoms with van der Waals surface area (Å²) in [4.78, 5) is 0. The molecule has 0 saturated heterocycles.